The minimum Gasteiger partial charge on any atom is -0.325 e. The summed E-state index contributed by atoms with van der Waals surface area (Å²) in [5, 5.41) is 9.44. The summed E-state index contributed by atoms with van der Waals surface area (Å²) in [6, 6.07) is 13.9. The van der Waals surface area contributed by atoms with E-state index in [2.05, 4.69) is 36.4 Å². The average Bonchev–Trinajstić information content (AvgIpc) is 3.00. The van der Waals surface area contributed by atoms with Gasteiger partial charge in [0.05, 0.1) is 5.75 Å². The lowest BCUT2D eigenvalue weighted by molar-refractivity contribution is -0.113. The molecule has 0 unspecified atom stereocenters. The largest absolute Gasteiger partial charge is 0.325 e. The van der Waals surface area contributed by atoms with E-state index in [1.807, 2.05) is 12.1 Å². The van der Waals surface area contributed by atoms with Crippen molar-refractivity contribution in [3.63, 3.8) is 0 Å². The lowest BCUT2D eigenvalue weighted by Crippen LogP contribution is -2.24. The van der Waals surface area contributed by atoms with E-state index in [9.17, 15) is 13.2 Å². The van der Waals surface area contributed by atoms with Crippen molar-refractivity contribution in [1.29, 1.82) is 0 Å². The number of amides is 1. The molecule has 0 aliphatic heterocycles. The zero-order valence-corrected chi connectivity index (χ0v) is 16.8. The monoisotopic (exact) mass is 448 g/mol. The fraction of sp³-hybridized carbons (Fsp3) is 0.167. The number of rotatable bonds is 6. The smallest absolute Gasteiger partial charge is 0.239 e. The van der Waals surface area contributed by atoms with Gasteiger partial charge in [-0.2, -0.15) is 5.10 Å². The van der Waals surface area contributed by atoms with Crippen LogP contribution in [0.15, 0.2) is 53.0 Å². The number of benzene rings is 2. The summed E-state index contributed by atoms with van der Waals surface area (Å²) in [5.41, 5.74) is 1.82. The van der Waals surface area contributed by atoms with Crippen LogP contribution < -0.4 is 5.32 Å². The molecular formula is C18H17BrN4O3S. The van der Waals surface area contributed by atoms with Crippen molar-refractivity contribution >= 4 is 37.4 Å². The zero-order valence-electron chi connectivity index (χ0n) is 14.4. The van der Waals surface area contributed by atoms with E-state index >= 15 is 0 Å². The van der Waals surface area contributed by atoms with Gasteiger partial charge < -0.3 is 5.32 Å². The van der Waals surface area contributed by atoms with Crippen LogP contribution in [0.5, 0.6) is 0 Å². The van der Waals surface area contributed by atoms with E-state index in [0.29, 0.717) is 28.5 Å². The molecule has 0 fully saturated rings. The first-order valence-corrected chi connectivity index (χ1v) is 10.7. The molecule has 3 aromatic rings. The Morgan fingerprint density at radius 1 is 1.19 bits per heavy atom. The molecule has 0 aliphatic rings. The Hall–Kier alpha value is -2.52. The SMILES string of the molecule is Cc1nc(-c2cccc(NC(=O)CS(=O)(=O)Cc3cccc(Br)c3)c2)n[nH]1. The van der Waals surface area contributed by atoms with Crippen LogP contribution in [0.4, 0.5) is 5.69 Å². The van der Waals surface area contributed by atoms with Gasteiger partial charge in [0, 0.05) is 15.7 Å². The van der Waals surface area contributed by atoms with E-state index in [1.165, 1.54) is 0 Å². The van der Waals surface area contributed by atoms with Gasteiger partial charge in [-0.1, -0.05) is 40.2 Å². The Labute approximate surface area is 165 Å². The molecular weight excluding hydrogens is 432 g/mol. The number of aryl methyl sites for hydroxylation is 1. The van der Waals surface area contributed by atoms with Gasteiger partial charge >= 0.3 is 0 Å². The van der Waals surface area contributed by atoms with Crippen molar-refractivity contribution in [2.24, 2.45) is 0 Å². The maximum atomic E-state index is 12.3. The Balaban J connectivity index is 1.66. The highest BCUT2D eigenvalue weighted by molar-refractivity contribution is 9.10. The molecule has 27 heavy (non-hydrogen) atoms. The van der Waals surface area contributed by atoms with E-state index in [1.54, 1.807) is 43.3 Å². The first kappa shape index (κ1) is 19.2. The topological polar surface area (TPSA) is 105 Å². The lowest BCUT2D eigenvalue weighted by atomic mass is 10.2. The number of H-pyrrole nitrogens is 1. The molecule has 1 aromatic heterocycles. The van der Waals surface area contributed by atoms with Gasteiger partial charge in [0.1, 0.15) is 11.6 Å². The van der Waals surface area contributed by atoms with Gasteiger partial charge in [0.15, 0.2) is 15.7 Å². The van der Waals surface area contributed by atoms with E-state index < -0.39 is 21.5 Å². The maximum absolute atomic E-state index is 12.3. The summed E-state index contributed by atoms with van der Waals surface area (Å²) in [6.07, 6.45) is 0. The molecule has 140 valence electrons. The number of hydrogen-bond acceptors (Lipinski definition) is 5. The van der Waals surface area contributed by atoms with E-state index in [-0.39, 0.29) is 5.75 Å². The van der Waals surface area contributed by atoms with Crippen LogP contribution in [0, 0.1) is 6.92 Å². The number of carbonyl (C=O) groups is 1. The number of aromatic nitrogens is 3. The first-order chi connectivity index (χ1) is 12.8. The van der Waals surface area contributed by atoms with Crippen LogP contribution in [-0.2, 0) is 20.4 Å². The van der Waals surface area contributed by atoms with Crippen molar-refractivity contribution in [2.45, 2.75) is 12.7 Å². The maximum Gasteiger partial charge on any atom is 0.239 e. The summed E-state index contributed by atoms with van der Waals surface area (Å²) in [6.45, 7) is 1.79. The van der Waals surface area contributed by atoms with Crippen LogP contribution >= 0.6 is 15.9 Å². The van der Waals surface area contributed by atoms with Crippen molar-refractivity contribution in [1.82, 2.24) is 15.2 Å². The minimum absolute atomic E-state index is 0.198. The molecule has 0 bridgehead atoms. The van der Waals surface area contributed by atoms with Gasteiger partial charge in [-0.25, -0.2) is 13.4 Å². The number of carbonyl (C=O) groups excluding carboxylic acids is 1. The van der Waals surface area contributed by atoms with Crippen molar-refractivity contribution in [2.75, 3.05) is 11.1 Å². The predicted molar refractivity (Wildman–Crippen MR) is 107 cm³/mol. The van der Waals surface area contributed by atoms with Crippen molar-refractivity contribution in [3.8, 4) is 11.4 Å². The van der Waals surface area contributed by atoms with Gasteiger partial charge in [-0.3, -0.25) is 9.89 Å². The summed E-state index contributed by atoms with van der Waals surface area (Å²) >= 11 is 3.31. The predicted octanol–water partition coefficient (Wildman–Crippen LogP) is 3.10. The molecule has 2 aromatic carbocycles. The number of sulfone groups is 1. The summed E-state index contributed by atoms with van der Waals surface area (Å²) in [7, 11) is -3.59. The molecule has 9 heteroatoms. The van der Waals surface area contributed by atoms with E-state index in [4.69, 9.17) is 0 Å². The molecule has 1 amide bonds. The molecule has 1 heterocycles. The van der Waals surface area contributed by atoms with Crippen LogP contribution in [0.2, 0.25) is 0 Å². The molecule has 7 nitrogen and oxygen atoms in total. The van der Waals surface area contributed by atoms with Crippen molar-refractivity contribution in [3.05, 3.63) is 64.4 Å². The molecule has 2 N–H and O–H groups in total. The molecule has 0 saturated heterocycles. The number of aromatic amines is 1. The Morgan fingerprint density at radius 3 is 2.67 bits per heavy atom. The number of halogens is 1. The lowest BCUT2D eigenvalue weighted by Gasteiger charge is -2.08. The minimum atomic E-state index is -3.59. The molecule has 0 saturated carbocycles. The Kier molecular flexibility index (Phi) is 5.71. The number of hydrogen-bond donors (Lipinski definition) is 2. The van der Waals surface area contributed by atoms with Crippen LogP contribution in [0.1, 0.15) is 11.4 Å². The Bertz CT molecular complexity index is 1080. The highest BCUT2D eigenvalue weighted by Gasteiger charge is 2.18. The van der Waals surface area contributed by atoms with Crippen LogP contribution in [-0.4, -0.2) is 35.3 Å². The third-order valence-corrected chi connectivity index (χ3v) is 5.60. The third kappa shape index (κ3) is 5.48. The molecule has 0 radical (unpaired) electrons. The zero-order chi connectivity index (χ0) is 19.4. The first-order valence-electron chi connectivity index (χ1n) is 8.05. The fourth-order valence-electron chi connectivity index (χ4n) is 2.54. The number of nitrogens with zero attached hydrogens (tertiary/aromatic N) is 2. The standard InChI is InChI=1S/C18H17BrN4O3S/c1-12-20-18(23-22-12)14-5-3-7-16(9-14)21-17(24)11-27(25,26)10-13-4-2-6-15(19)8-13/h2-9H,10-11H2,1H3,(H,21,24)(H,20,22,23). The second kappa shape index (κ2) is 8.01. The number of anilines is 1. The van der Waals surface area contributed by atoms with Crippen LogP contribution in [0.3, 0.4) is 0 Å². The van der Waals surface area contributed by atoms with Gasteiger partial charge in [0.25, 0.3) is 0 Å². The fourth-order valence-corrected chi connectivity index (χ4v) is 4.24. The second-order valence-electron chi connectivity index (χ2n) is 6.04. The summed E-state index contributed by atoms with van der Waals surface area (Å²) in [5.74, 6) is -0.197. The van der Waals surface area contributed by atoms with Gasteiger partial charge in [0.2, 0.25) is 5.91 Å². The summed E-state index contributed by atoms with van der Waals surface area (Å²) in [4.78, 5) is 16.4. The van der Waals surface area contributed by atoms with Gasteiger partial charge in [-0.05, 0) is 36.8 Å². The molecule has 0 atom stereocenters. The number of nitrogens with one attached hydrogen (secondary N) is 2. The van der Waals surface area contributed by atoms with Gasteiger partial charge in [-0.15, -0.1) is 0 Å². The normalized spacial score (nSPS) is 11.3. The van der Waals surface area contributed by atoms with Crippen LogP contribution in [0.25, 0.3) is 11.4 Å². The molecule has 3 rings (SSSR count). The molecule has 0 aliphatic carbocycles. The quantitative estimate of drug-likeness (QED) is 0.602. The highest BCUT2D eigenvalue weighted by atomic mass is 79.9. The van der Waals surface area contributed by atoms with Crippen molar-refractivity contribution < 1.29 is 13.2 Å². The molecule has 0 spiro atoms. The summed E-state index contributed by atoms with van der Waals surface area (Å²) < 4.78 is 25.4. The average molecular weight is 449 g/mol. The third-order valence-electron chi connectivity index (χ3n) is 3.63. The second-order valence-corrected chi connectivity index (χ2v) is 9.02. The van der Waals surface area contributed by atoms with E-state index in [0.717, 1.165) is 4.47 Å². The highest BCUT2D eigenvalue weighted by Crippen LogP contribution is 2.19. The Morgan fingerprint density at radius 2 is 1.96 bits per heavy atom.